The van der Waals surface area contributed by atoms with E-state index in [-0.39, 0.29) is 18.5 Å². The number of hydrogen-bond acceptors (Lipinski definition) is 3. The molecule has 0 radical (unpaired) electrons. The Hall–Kier alpha value is -0.610. The number of nitrogens with two attached hydrogens (primary N) is 1. The van der Waals surface area contributed by atoms with E-state index in [9.17, 15) is 9.90 Å². The number of carbonyl (C=O) groups is 1. The van der Waals surface area contributed by atoms with Crippen molar-refractivity contribution in [1.29, 1.82) is 0 Å². The number of aliphatic hydroxyl groups is 1. The third-order valence-corrected chi connectivity index (χ3v) is 2.19. The van der Waals surface area contributed by atoms with E-state index in [1.165, 1.54) is 0 Å². The topological polar surface area (TPSA) is 75.4 Å². The number of unbranched alkanes of at least 4 members (excludes halogenated alkanes) is 2. The van der Waals surface area contributed by atoms with Gasteiger partial charge in [0.25, 0.3) is 0 Å². The predicted molar refractivity (Wildman–Crippen MR) is 56.8 cm³/mol. The Bertz CT molecular complexity index is 160. The van der Waals surface area contributed by atoms with Gasteiger partial charge >= 0.3 is 0 Å². The maximum Gasteiger partial charge on any atom is 0.220 e. The van der Waals surface area contributed by atoms with Crippen molar-refractivity contribution in [3.05, 3.63) is 0 Å². The van der Waals surface area contributed by atoms with E-state index in [2.05, 4.69) is 12.2 Å². The summed E-state index contributed by atoms with van der Waals surface area (Å²) in [7, 11) is 0. The number of aliphatic hydroxyl groups excluding tert-OH is 1. The zero-order valence-corrected chi connectivity index (χ0v) is 9.12. The van der Waals surface area contributed by atoms with Crippen LogP contribution < -0.4 is 11.1 Å². The lowest BCUT2D eigenvalue weighted by Crippen LogP contribution is -2.46. The standard InChI is InChI=1S/C10H22N2O2/c1-3-4-5-6-10(14)12-9(7-11)8(2)13/h8-9,13H,3-7,11H2,1-2H3,(H,12,14)/t8-,9?/m1/s1. The molecule has 0 aliphatic carbocycles. The summed E-state index contributed by atoms with van der Waals surface area (Å²) in [6.45, 7) is 4.00. The lowest BCUT2D eigenvalue weighted by molar-refractivity contribution is -0.122. The van der Waals surface area contributed by atoms with Crippen LogP contribution in [0.4, 0.5) is 0 Å². The van der Waals surface area contributed by atoms with Crippen LogP contribution in [0.2, 0.25) is 0 Å². The fraction of sp³-hybridized carbons (Fsp3) is 0.900. The highest BCUT2D eigenvalue weighted by molar-refractivity contribution is 5.76. The molecule has 1 unspecified atom stereocenters. The van der Waals surface area contributed by atoms with Gasteiger partial charge in [-0.15, -0.1) is 0 Å². The second-order valence-corrected chi connectivity index (χ2v) is 3.61. The Kier molecular flexibility index (Phi) is 7.42. The molecule has 0 saturated heterocycles. The predicted octanol–water partition coefficient (Wildman–Crippen LogP) is 0.391. The van der Waals surface area contributed by atoms with E-state index in [4.69, 9.17) is 5.73 Å². The molecule has 0 aliphatic heterocycles. The zero-order chi connectivity index (χ0) is 11.0. The van der Waals surface area contributed by atoms with Gasteiger partial charge in [-0.3, -0.25) is 4.79 Å². The molecule has 0 aromatic heterocycles. The molecule has 0 bridgehead atoms. The average molecular weight is 202 g/mol. The summed E-state index contributed by atoms with van der Waals surface area (Å²) in [6.07, 6.45) is 3.01. The van der Waals surface area contributed by atoms with Crippen LogP contribution in [-0.2, 0) is 4.79 Å². The lowest BCUT2D eigenvalue weighted by Gasteiger charge is -2.19. The van der Waals surface area contributed by atoms with Crippen LogP contribution >= 0.6 is 0 Å². The van der Waals surface area contributed by atoms with E-state index in [1.807, 2.05) is 0 Å². The summed E-state index contributed by atoms with van der Waals surface area (Å²) in [6, 6.07) is -0.316. The monoisotopic (exact) mass is 202 g/mol. The first-order valence-corrected chi connectivity index (χ1v) is 5.29. The van der Waals surface area contributed by atoms with Gasteiger partial charge in [0, 0.05) is 13.0 Å². The summed E-state index contributed by atoms with van der Waals surface area (Å²) in [4.78, 5) is 11.3. The molecule has 0 rings (SSSR count). The quantitative estimate of drug-likeness (QED) is 0.523. The average Bonchev–Trinajstić information content (AvgIpc) is 2.14. The van der Waals surface area contributed by atoms with Crippen molar-refractivity contribution < 1.29 is 9.90 Å². The van der Waals surface area contributed by atoms with Crippen molar-refractivity contribution in [2.75, 3.05) is 6.54 Å². The Morgan fingerprint density at radius 1 is 1.50 bits per heavy atom. The minimum absolute atomic E-state index is 0.0187. The fourth-order valence-corrected chi connectivity index (χ4v) is 1.19. The lowest BCUT2D eigenvalue weighted by atomic mass is 10.1. The van der Waals surface area contributed by atoms with Crippen LogP contribution in [0.3, 0.4) is 0 Å². The third kappa shape index (κ3) is 5.94. The number of hydrogen-bond donors (Lipinski definition) is 3. The molecule has 0 aromatic carbocycles. The fourth-order valence-electron chi connectivity index (χ4n) is 1.19. The third-order valence-electron chi connectivity index (χ3n) is 2.19. The number of rotatable bonds is 7. The normalized spacial score (nSPS) is 14.9. The van der Waals surface area contributed by atoms with E-state index < -0.39 is 6.10 Å². The number of amides is 1. The maximum atomic E-state index is 11.3. The Balaban J connectivity index is 3.68. The highest BCUT2D eigenvalue weighted by Crippen LogP contribution is 1.99. The Morgan fingerprint density at radius 2 is 2.14 bits per heavy atom. The van der Waals surface area contributed by atoms with Gasteiger partial charge in [-0.2, -0.15) is 0 Å². The molecule has 84 valence electrons. The highest BCUT2D eigenvalue weighted by Gasteiger charge is 2.14. The summed E-state index contributed by atoms with van der Waals surface area (Å²) in [5.74, 6) is -0.0187. The van der Waals surface area contributed by atoms with E-state index in [0.717, 1.165) is 19.3 Å². The van der Waals surface area contributed by atoms with Crippen molar-refractivity contribution in [1.82, 2.24) is 5.32 Å². The van der Waals surface area contributed by atoms with Gasteiger partial charge in [-0.05, 0) is 13.3 Å². The number of nitrogens with one attached hydrogen (secondary N) is 1. The minimum Gasteiger partial charge on any atom is -0.391 e. The molecule has 0 heterocycles. The molecule has 4 N–H and O–H groups in total. The largest absolute Gasteiger partial charge is 0.391 e. The van der Waals surface area contributed by atoms with Gasteiger partial charge in [0.05, 0.1) is 12.1 Å². The molecule has 0 aliphatic rings. The van der Waals surface area contributed by atoms with Crippen molar-refractivity contribution in [3.8, 4) is 0 Å². The minimum atomic E-state index is -0.588. The summed E-state index contributed by atoms with van der Waals surface area (Å²) in [5, 5.41) is 11.9. The van der Waals surface area contributed by atoms with E-state index in [0.29, 0.717) is 6.42 Å². The first-order chi connectivity index (χ1) is 6.61. The molecule has 0 saturated carbocycles. The molecule has 0 fully saturated rings. The van der Waals surface area contributed by atoms with Crippen molar-refractivity contribution in [3.63, 3.8) is 0 Å². The van der Waals surface area contributed by atoms with Gasteiger partial charge in [0.1, 0.15) is 0 Å². The summed E-state index contributed by atoms with van der Waals surface area (Å²) < 4.78 is 0. The van der Waals surface area contributed by atoms with Gasteiger partial charge in [0.15, 0.2) is 0 Å². The highest BCUT2D eigenvalue weighted by atomic mass is 16.3. The molecule has 2 atom stereocenters. The molecular formula is C10H22N2O2. The molecule has 0 spiro atoms. The summed E-state index contributed by atoms with van der Waals surface area (Å²) >= 11 is 0. The van der Waals surface area contributed by atoms with Crippen LogP contribution in [0.25, 0.3) is 0 Å². The molecular weight excluding hydrogens is 180 g/mol. The molecule has 0 aromatic rings. The Morgan fingerprint density at radius 3 is 2.57 bits per heavy atom. The smallest absolute Gasteiger partial charge is 0.220 e. The Labute approximate surface area is 85.9 Å². The number of carbonyl (C=O) groups excluding carboxylic acids is 1. The first kappa shape index (κ1) is 13.4. The van der Waals surface area contributed by atoms with Crippen LogP contribution in [-0.4, -0.2) is 29.7 Å². The van der Waals surface area contributed by atoms with Gasteiger partial charge in [-0.25, -0.2) is 0 Å². The van der Waals surface area contributed by atoms with Crippen molar-refractivity contribution in [2.24, 2.45) is 5.73 Å². The van der Waals surface area contributed by atoms with E-state index in [1.54, 1.807) is 6.92 Å². The van der Waals surface area contributed by atoms with Gasteiger partial charge in [0.2, 0.25) is 5.91 Å². The maximum absolute atomic E-state index is 11.3. The van der Waals surface area contributed by atoms with Crippen LogP contribution in [0, 0.1) is 0 Å². The second-order valence-electron chi connectivity index (χ2n) is 3.61. The molecule has 1 amide bonds. The van der Waals surface area contributed by atoms with Crippen LogP contribution in [0.1, 0.15) is 39.5 Å². The van der Waals surface area contributed by atoms with Crippen molar-refractivity contribution >= 4 is 5.91 Å². The SMILES string of the molecule is CCCCCC(=O)NC(CN)[C@@H](C)O. The molecule has 14 heavy (non-hydrogen) atoms. The first-order valence-electron chi connectivity index (χ1n) is 5.29. The molecule has 4 nitrogen and oxygen atoms in total. The van der Waals surface area contributed by atoms with Crippen molar-refractivity contribution in [2.45, 2.75) is 51.7 Å². The van der Waals surface area contributed by atoms with Crippen LogP contribution in [0.5, 0.6) is 0 Å². The zero-order valence-electron chi connectivity index (χ0n) is 9.12. The van der Waals surface area contributed by atoms with E-state index >= 15 is 0 Å². The second kappa shape index (κ2) is 7.76. The van der Waals surface area contributed by atoms with Crippen LogP contribution in [0.15, 0.2) is 0 Å². The van der Waals surface area contributed by atoms with Gasteiger partial charge in [-0.1, -0.05) is 19.8 Å². The molecule has 4 heteroatoms. The summed E-state index contributed by atoms with van der Waals surface area (Å²) in [5.41, 5.74) is 5.40. The van der Waals surface area contributed by atoms with Gasteiger partial charge < -0.3 is 16.2 Å².